The zero-order valence-electron chi connectivity index (χ0n) is 8.11. The van der Waals surface area contributed by atoms with Crippen LogP contribution >= 0.6 is 0 Å². The predicted octanol–water partition coefficient (Wildman–Crippen LogP) is 2.42. The summed E-state index contributed by atoms with van der Waals surface area (Å²) in [5.41, 5.74) is 0.601. The molecule has 66 valence electrons. The maximum Gasteiger partial charge on any atom is 0.000481 e. The highest BCUT2D eigenvalue weighted by Gasteiger charge is 2.39. The van der Waals surface area contributed by atoms with E-state index in [1.807, 2.05) is 0 Å². The van der Waals surface area contributed by atoms with Crippen LogP contribution in [0.25, 0.3) is 0 Å². The summed E-state index contributed by atoms with van der Waals surface area (Å²) in [5.74, 6) is 1.02. The second-order valence-corrected chi connectivity index (χ2v) is 4.21. The van der Waals surface area contributed by atoms with Gasteiger partial charge in [-0.3, -0.25) is 0 Å². The third kappa shape index (κ3) is 2.19. The van der Waals surface area contributed by atoms with Crippen LogP contribution in [-0.4, -0.2) is 13.6 Å². The van der Waals surface area contributed by atoms with E-state index in [9.17, 15) is 0 Å². The average molecular weight is 155 g/mol. The van der Waals surface area contributed by atoms with Gasteiger partial charge in [-0.05, 0) is 37.6 Å². The van der Waals surface area contributed by atoms with Crippen molar-refractivity contribution < 1.29 is 0 Å². The molecule has 1 saturated carbocycles. The Bertz CT molecular complexity index is 110. The lowest BCUT2D eigenvalue weighted by Crippen LogP contribution is -2.31. The highest BCUT2D eigenvalue weighted by Crippen LogP contribution is 2.47. The first-order chi connectivity index (χ1) is 5.23. The largest absolute Gasteiger partial charge is 0.319 e. The van der Waals surface area contributed by atoms with Crippen LogP contribution in [0.15, 0.2) is 0 Å². The molecule has 0 aliphatic heterocycles. The van der Waals surface area contributed by atoms with Crippen molar-refractivity contribution in [3.63, 3.8) is 0 Å². The van der Waals surface area contributed by atoms with Crippen molar-refractivity contribution in [2.75, 3.05) is 13.6 Å². The third-order valence-corrected chi connectivity index (χ3v) is 2.96. The van der Waals surface area contributed by atoms with Crippen LogP contribution in [0.4, 0.5) is 0 Å². The second-order valence-electron chi connectivity index (χ2n) is 4.21. The van der Waals surface area contributed by atoms with Gasteiger partial charge in [0.25, 0.3) is 0 Å². The van der Waals surface area contributed by atoms with Gasteiger partial charge in [-0.25, -0.2) is 0 Å². The minimum Gasteiger partial charge on any atom is -0.319 e. The summed E-state index contributed by atoms with van der Waals surface area (Å²) in [6.07, 6.45) is 5.66. The van der Waals surface area contributed by atoms with Gasteiger partial charge in [-0.2, -0.15) is 0 Å². The zero-order valence-corrected chi connectivity index (χ0v) is 8.11. The molecule has 0 aromatic rings. The van der Waals surface area contributed by atoms with Gasteiger partial charge in [-0.15, -0.1) is 0 Å². The van der Waals surface area contributed by atoms with Gasteiger partial charge < -0.3 is 5.32 Å². The molecule has 1 unspecified atom stereocenters. The van der Waals surface area contributed by atoms with E-state index in [0.29, 0.717) is 5.41 Å². The first kappa shape index (κ1) is 9.05. The molecule has 1 nitrogen and oxygen atoms in total. The number of nitrogens with one attached hydrogen (secondary N) is 1. The second kappa shape index (κ2) is 3.57. The van der Waals surface area contributed by atoms with Crippen LogP contribution in [0, 0.1) is 11.3 Å². The van der Waals surface area contributed by atoms with E-state index in [4.69, 9.17) is 0 Å². The summed E-state index contributed by atoms with van der Waals surface area (Å²) in [7, 11) is 2.07. The molecule has 0 aromatic carbocycles. The summed E-state index contributed by atoms with van der Waals surface area (Å²) in [4.78, 5) is 0. The van der Waals surface area contributed by atoms with Crippen LogP contribution < -0.4 is 5.32 Å². The normalized spacial score (nSPS) is 23.2. The first-order valence-corrected chi connectivity index (χ1v) is 4.87. The van der Waals surface area contributed by atoms with E-state index < -0.39 is 0 Å². The topological polar surface area (TPSA) is 12.0 Å². The quantitative estimate of drug-likeness (QED) is 0.643. The molecule has 1 N–H and O–H groups in total. The van der Waals surface area contributed by atoms with Crippen molar-refractivity contribution in [2.45, 2.75) is 39.5 Å². The fourth-order valence-corrected chi connectivity index (χ4v) is 2.19. The molecular weight excluding hydrogens is 134 g/mol. The predicted molar refractivity (Wildman–Crippen MR) is 49.7 cm³/mol. The van der Waals surface area contributed by atoms with Crippen molar-refractivity contribution in [1.29, 1.82) is 0 Å². The van der Waals surface area contributed by atoms with E-state index in [2.05, 4.69) is 26.2 Å². The van der Waals surface area contributed by atoms with Gasteiger partial charge in [0.05, 0.1) is 0 Å². The maximum atomic E-state index is 3.31. The van der Waals surface area contributed by atoms with Gasteiger partial charge >= 0.3 is 0 Å². The van der Waals surface area contributed by atoms with E-state index in [0.717, 1.165) is 5.92 Å². The smallest absolute Gasteiger partial charge is 0.000481 e. The minimum absolute atomic E-state index is 0.601. The molecule has 0 radical (unpaired) electrons. The molecule has 0 bridgehead atoms. The Morgan fingerprint density at radius 3 is 2.45 bits per heavy atom. The van der Waals surface area contributed by atoms with Crippen LogP contribution in [0.5, 0.6) is 0 Å². The molecule has 0 aromatic heterocycles. The number of rotatable bonds is 5. The van der Waals surface area contributed by atoms with E-state index in [1.54, 1.807) is 0 Å². The maximum absolute atomic E-state index is 3.31. The Balaban J connectivity index is 2.39. The van der Waals surface area contributed by atoms with E-state index in [1.165, 1.54) is 32.2 Å². The standard InChI is InChI=1S/C10H21N/c1-4-7-10(2,8-11-3)9-5-6-9/h9,11H,4-8H2,1-3H3. The van der Waals surface area contributed by atoms with Crippen molar-refractivity contribution >= 4 is 0 Å². The molecule has 0 amide bonds. The van der Waals surface area contributed by atoms with Gasteiger partial charge in [0.15, 0.2) is 0 Å². The fraction of sp³-hybridized carbons (Fsp3) is 1.00. The third-order valence-electron chi connectivity index (χ3n) is 2.96. The van der Waals surface area contributed by atoms with E-state index >= 15 is 0 Å². The Morgan fingerprint density at radius 1 is 1.45 bits per heavy atom. The minimum atomic E-state index is 0.601. The van der Waals surface area contributed by atoms with Gasteiger partial charge in [0.2, 0.25) is 0 Å². The van der Waals surface area contributed by atoms with Crippen LogP contribution in [0.2, 0.25) is 0 Å². The molecular formula is C10H21N. The summed E-state index contributed by atoms with van der Waals surface area (Å²) in [6, 6.07) is 0. The molecule has 1 rings (SSSR count). The Hall–Kier alpha value is -0.0400. The Kier molecular flexibility index (Phi) is 2.94. The molecule has 0 spiro atoms. The Labute approximate surface area is 70.6 Å². The number of hydrogen-bond donors (Lipinski definition) is 1. The summed E-state index contributed by atoms with van der Waals surface area (Å²) < 4.78 is 0. The van der Waals surface area contributed by atoms with Gasteiger partial charge in [-0.1, -0.05) is 20.3 Å². The summed E-state index contributed by atoms with van der Waals surface area (Å²) in [5, 5.41) is 3.31. The van der Waals surface area contributed by atoms with Crippen molar-refractivity contribution in [1.82, 2.24) is 5.32 Å². The molecule has 0 saturated heterocycles. The van der Waals surface area contributed by atoms with Crippen molar-refractivity contribution in [2.24, 2.45) is 11.3 Å². The van der Waals surface area contributed by atoms with Crippen LogP contribution in [0.1, 0.15) is 39.5 Å². The molecule has 11 heavy (non-hydrogen) atoms. The Morgan fingerprint density at radius 2 is 2.09 bits per heavy atom. The lowest BCUT2D eigenvalue weighted by Gasteiger charge is -2.29. The monoisotopic (exact) mass is 155 g/mol. The highest BCUT2D eigenvalue weighted by atomic mass is 14.8. The lowest BCUT2D eigenvalue weighted by molar-refractivity contribution is 0.240. The van der Waals surface area contributed by atoms with Crippen LogP contribution in [-0.2, 0) is 0 Å². The van der Waals surface area contributed by atoms with E-state index in [-0.39, 0.29) is 0 Å². The van der Waals surface area contributed by atoms with Crippen molar-refractivity contribution in [3.05, 3.63) is 0 Å². The summed E-state index contributed by atoms with van der Waals surface area (Å²) in [6.45, 7) is 5.92. The summed E-state index contributed by atoms with van der Waals surface area (Å²) >= 11 is 0. The van der Waals surface area contributed by atoms with Crippen molar-refractivity contribution in [3.8, 4) is 0 Å². The molecule has 1 aliphatic rings. The average Bonchev–Trinajstić information content (AvgIpc) is 2.68. The number of hydrogen-bond acceptors (Lipinski definition) is 1. The van der Waals surface area contributed by atoms with Gasteiger partial charge in [0.1, 0.15) is 0 Å². The molecule has 0 heterocycles. The SMILES string of the molecule is CCCC(C)(CNC)C1CC1. The first-order valence-electron chi connectivity index (χ1n) is 4.87. The zero-order chi connectivity index (χ0) is 8.32. The molecule has 1 atom stereocenters. The highest BCUT2D eigenvalue weighted by molar-refractivity contribution is 4.91. The lowest BCUT2D eigenvalue weighted by atomic mass is 9.80. The molecule has 1 fully saturated rings. The molecule has 1 aliphatic carbocycles. The molecule has 1 heteroatoms. The van der Waals surface area contributed by atoms with Gasteiger partial charge in [0, 0.05) is 6.54 Å². The fourth-order valence-electron chi connectivity index (χ4n) is 2.19. The van der Waals surface area contributed by atoms with Crippen LogP contribution in [0.3, 0.4) is 0 Å².